The maximum atomic E-state index is 11.1. The van der Waals surface area contributed by atoms with Gasteiger partial charge in [-0.05, 0) is 26.1 Å². The summed E-state index contributed by atoms with van der Waals surface area (Å²) < 4.78 is 5.73. The predicted molar refractivity (Wildman–Crippen MR) is 82.1 cm³/mol. The third kappa shape index (κ3) is 3.51. The molecule has 0 amide bonds. The maximum Gasteiger partial charge on any atom is 0.313 e. The van der Waals surface area contributed by atoms with Crippen LogP contribution in [0.15, 0.2) is 36.4 Å². The van der Waals surface area contributed by atoms with Crippen molar-refractivity contribution in [2.24, 2.45) is 0 Å². The number of hydrogen-bond acceptors (Lipinski definition) is 4. The summed E-state index contributed by atoms with van der Waals surface area (Å²) >= 11 is 6.04. The van der Waals surface area contributed by atoms with Crippen molar-refractivity contribution in [3.05, 3.63) is 62.7 Å². The molecule has 0 atom stereocenters. The molecular formula is C15H15ClN2O3. The van der Waals surface area contributed by atoms with Gasteiger partial charge in [0, 0.05) is 18.2 Å². The van der Waals surface area contributed by atoms with Gasteiger partial charge in [-0.3, -0.25) is 10.1 Å². The van der Waals surface area contributed by atoms with Gasteiger partial charge in [-0.2, -0.15) is 0 Å². The second-order valence-electron chi connectivity index (χ2n) is 4.59. The molecule has 0 aliphatic carbocycles. The second kappa shape index (κ2) is 6.56. The Hall–Kier alpha value is -2.11. The molecule has 2 rings (SSSR count). The number of ether oxygens (including phenoxy) is 1. The Morgan fingerprint density at radius 3 is 2.76 bits per heavy atom. The van der Waals surface area contributed by atoms with E-state index in [2.05, 4.69) is 5.32 Å². The normalized spacial score (nSPS) is 10.4. The van der Waals surface area contributed by atoms with Crippen molar-refractivity contribution >= 4 is 17.3 Å². The third-order valence-corrected chi connectivity index (χ3v) is 3.24. The van der Waals surface area contributed by atoms with Crippen LogP contribution in [-0.4, -0.2) is 12.0 Å². The lowest BCUT2D eigenvalue weighted by atomic mass is 10.1. The highest BCUT2D eigenvalue weighted by Crippen LogP contribution is 2.38. The number of rotatable bonds is 5. The van der Waals surface area contributed by atoms with Gasteiger partial charge in [0.1, 0.15) is 5.75 Å². The lowest BCUT2D eigenvalue weighted by Crippen LogP contribution is -2.07. The summed E-state index contributed by atoms with van der Waals surface area (Å²) in [5.74, 6) is 0.608. The summed E-state index contributed by atoms with van der Waals surface area (Å²) in [5.41, 5.74) is 1.84. The zero-order valence-corrected chi connectivity index (χ0v) is 12.5. The van der Waals surface area contributed by atoms with Gasteiger partial charge in [-0.25, -0.2) is 0 Å². The van der Waals surface area contributed by atoms with Crippen molar-refractivity contribution in [3.8, 4) is 11.5 Å². The molecule has 1 N–H and O–H groups in total. The first kappa shape index (κ1) is 15.3. The van der Waals surface area contributed by atoms with Crippen LogP contribution in [0.25, 0.3) is 0 Å². The highest BCUT2D eigenvalue weighted by Gasteiger charge is 2.20. The van der Waals surface area contributed by atoms with E-state index >= 15 is 0 Å². The van der Waals surface area contributed by atoms with Gasteiger partial charge in [-0.1, -0.05) is 35.4 Å². The molecule has 0 heterocycles. The molecule has 0 saturated heterocycles. The van der Waals surface area contributed by atoms with E-state index < -0.39 is 4.92 Å². The molecule has 0 aliphatic heterocycles. The fourth-order valence-electron chi connectivity index (χ4n) is 1.99. The van der Waals surface area contributed by atoms with Gasteiger partial charge in [0.2, 0.25) is 5.75 Å². The van der Waals surface area contributed by atoms with Crippen molar-refractivity contribution in [2.75, 3.05) is 7.05 Å². The molecule has 0 aromatic heterocycles. The van der Waals surface area contributed by atoms with Crippen LogP contribution in [0, 0.1) is 17.0 Å². The van der Waals surface area contributed by atoms with Gasteiger partial charge < -0.3 is 10.1 Å². The minimum absolute atomic E-state index is 0.0605. The zero-order valence-electron chi connectivity index (χ0n) is 11.7. The Morgan fingerprint density at radius 1 is 1.33 bits per heavy atom. The molecule has 2 aromatic carbocycles. The summed E-state index contributed by atoms with van der Waals surface area (Å²) in [6.07, 6.45) is 0. The minimum atomic E-state index is -0.507. The topological polar surface area (TPSA) is 64.4 Å². The molecule has 2 aromatic rings. The molecular weight excluding hydrogens is 292 g/mol. The minimum Gasteiger partial charge on any atom is -0.448 e. The zero-order chi connectivity index (χ0) is 15.4. The predicted octanol–water partition coefficient (Wildman–Crippen LogP) is 4.07. The van der Waals surface area contributed by atoms with Crippen molar-refractivity contribution in [1.82, 2.24) is 5.32 Å². The number of nitrogens with zero attached hydrogens (tertiary/aromatic N) is 1. The van der Waals surface area contributed by atoms with E-state index in [0.717, 1.165) is 11.1 Å². The van der Waals surface area contributed by atoms with Crippen LogP contribution < -0.4 is 10.1 Å². The highest BCUT2D eigenvalue weighted by atomic mass is 35.5. The van der Waals surface area contributed by atoms with E-state index in [1.54, 1.807) is 12.1 Å². The first-order chi connectivity index (χ1) is 10.0. The molecule has 0 fully saturated rings. The summed E-state index contributed by atoms with van der Waals surface area (Å²) in [6.45, 7) is 2.57. The number of aryl methyl sites for hydroxylation is 1. The molecule has 0 radical (unpaired) electrons. The largest absolute Gasteiger partial charge is 0.448 e. The molecule has 0 aliphatic rings. The number of nitrogens with one attached hydrogen (secondary N) is 1. The smallest absolute Gasteiger partial charge is 0.313 e. The summed E-state index contributed by atoms with van der Waals surface area (Å²) in [4.78, 5) is 10.6. The van der Waals surface area contributed by atoms with Crippen molar-refractivity contribution in [2.45, 2.75) is 13.5 Å². The maximum absolute atomic E-state index is 11.1. The quantitative estimate of drug-likeness (QED) is 0.668. The first-order valence-corrected chi connectivity index (χ1v) is 6.75. The summed E-state index contributed by atoms with van der Waals surface area (Å²) in [6, 6.07) is 10.1. The standard InChI is InChI=1S/C15H15ClN2O3/c1-10-6-7-14(11(8-10)9-17-2)21-15-12(16)4-3-5-13(15)18(19)20/h3-8,17H,9H2,1-2H3. The molecule has 6 heteroatoms. The Balaban J connectivity index is 2.45. The molecule has 110 valence electrons. The lowest BCUT2D eigenvalue weighted by Gasteiger charge is -2.13. The van der Waals surface area contributed by atoms with E-state index in [4.69, 9.17) is 16.3 Å². The number of nitro benzene ring substituents is 1. The molecule has 21 heavy (non-hydrogen) atoms. The number of nitro groups is 1. The highest BCUT2D eigenvalue weighted by molar-refractivity contribution is 6.32. The lowest BCUT2D eigenvalue weighted by molar-refractivity contribution is -0.385. The van der Waals surface area contributed by atoms with Gasteiger partial charge in [0.15, 0.2) is 0 Å². The van der Waals surface area contributed by atoms with Crippen molar-refractivity contribution < 1.29 is 9.66 Å². The third-order valence-electron chi connectivity index (χ3n) is 2.94. The van der Waals surface area contributed by atoms with Crippen LogP contribution >= 0.6 is 11.6 Å². The SMILES string of the molecule is CNCc1cc(C)ccc1Oc1c(Cl)cccc1[N+](=O)[O-]. The van der Waals surface area contributed by atoms with E-state index in [9.17, 15) is 10.1 Å². The van der Waals surface area contributed by atoms with E-state index in [1.807, 2.05) is 26.1 Å². The van der Waals surface area contributed by atoms with Gasteiger partial charge in [0.05, 0.1) is 9.95 Å². The fourth-order valence-corrected chi connectivity index (χ4v) is 2.20. The van der Waals surface area contributed by atoms with Crippen molar-refractivity contribution in [1.29, 1.82) is 0 Å². The average Bonchev–Trinajstić information content (AvgIpc) is 2.43. The molecule has 0 saturated carbocycles. The molecule has 0 bridgehead atoms. The van der Waals surface area contributed by atoms with E-state index in [-0.39, 0.29) is 16.5 Å². The monoisotopic (exact) mass is 306 g/mol. The molecule has 5 nitrogen and oxygen atoms in total. The van der Waals surface area contributed by atoms with Gasteiger partial charge in [-0.15, -0.1) is 0 Å². The van der Waals surface area contributed by atoms with Crippen LogP contribution in [0.5, 0.6) is 11.5 Å². The average molecular weight is 307 g/mol. The molecule has 0 unspecified atom stereocenters. The Labute approximate surface area is 127 Å². The van der Waals surface area contributed by atoms with E-state index in [1.165, 1.54) is 12.1 Å². The van der Waals surface area contributed by atoms with Crippen LogP contribution in [0.4, 0.5) is 5.69 Å². The molecule has 0 spiro atoms. The van der Waals surface area contributed by atoms with Crippen LogP contribution in [0.1, 0.15) is 11.1 Å². The fraction of sp³-hybridized carbons (Fsp3) is 0.200. The van der Waals surface area contributed by atoms with Gasteiger partial charge in [0.25, 0.3) is 0 Å². The summed E-state index contributed by atoms with van der Waals surface area (Å²) in [7, 11) is 1.82. The Kier molecular flexibility index (Phi) is 4.77. The number of halogens is 1. The number of para-hydroxylation sites is 1. The number of hydrogen-bond donors (Lipinski definition) is 1. The van der Waals surface area contributed by atoms with Crippen LogP contribution in [0.2, 0.25) is 5.02 Å². The van der Waals surface area contributed by atoms with E-state index in [0.29, 0.717) is 12.3 Å². The van der Waals surface area contributed by atoms with Gasteiger partial charge >= 0.3 is 5.69 Å². The second-order valence-corrected chi connectivity index (χ2v) is 5.00. The van der Waals surface area contributed by atoms with Crippen molar-refractivity contribution in [3.63, 3.8) is 0 Å². The van der Waals surface area contributed by atoms with Crippen LogP contribution in [0.3, 0.4) is 0 Å². The first-order valence-electron chi connectivity index (χ1n) is 6.38. The Morgan fingerprint density at radius 2 is 2.10 bits per heavy atom. The number of benzene rings is 2. The Bertz CT molecular complexity index is 674. The summed E-state index contributed by atoms with van der Waals surface area (Å²) in [5, 5.41) is 14.3. The van der Waals surface area contributed by atoms with Crippen LogP contribution in [-0.2, 0) is 6.54 Å².